The molecule has 0 radical (unpaired) electrons. The van der Waals surface area contributed by atoms with E-state index in [2.05, 4.69) is 10.6 Å². The van der Waals surface area contributed by atoms with Crippen LogP contribution in [0.1, 0.15) is 19.3 Å². The van der Waals surface area contributed by atoms with Crippen LogP contribution in [0.4, 0.5) is 0 Å². The minimum Gasteiger partial charge on any atom is -0.391 e. The molecule has 1 fully saturated rings. The van der Waals surface area contributed by atoms with Crippen molar-refractivity contribution in [2.75, 3.05) is 33.4 Å². The second-order valence-electron chi connectivity index (χ2n) is 3.90. The highest BCUT2D eigenvalue weighted by molar-refractivity contribution is 4.75. The van der Waals surface area contributed by atoms with Gasteiger partial charge in [-0.25, -0.2) is 0 Å². The maximum atomic E-state index is 9.40. The molecule has 3 N–H and O–H groups in total. The Hall–Kier alpha value is -0.160. The predicted molar refractivity (Wildman–Crippen MR) is 56.4 cm³/mol. The lowest BCUT2D eigenvalue weighted by Gasteiger charge is -2.24. The number of ether oxygens (including phenoxy) is 1. The minimum absolute atomic E-state index is 0.330. The number of hydrogen-bond acceptors (Lipinski definition) is 4. The zero-order valence-corrected chi connectivity index (χ0v) is 8.96. The predicted octanol–water partition coefficient (Wildman–Crippen LogP) is -0.275. The van der Waals surface area contributed by atoms with E-state index in [4.69, 9.17) is 4.74 Å². The van der Waals surface area contributed by atoms with Gasteiger partial charge in [0.1, 0.15) is 0 Å². The molecular weight excluding hydrogens is 180 g/mol. The van der Waals surface area contributed by atoms with Crippen LogP contribution >= 0.6 is 0 Å². The van der Waals surface area contributed by atoms with Crippen molar-refractivity contribution in [2.24, 2.45) is 0 Å². The third kappa shape index (κ3) is 4.91. The largest absolute Gasteiger partial charge is 0.391 e. The summed E-state index contributed by atoms with van der Waals surface area (Å²) in [6, 6.07) is 0.582. The first-order valence-electron chi connectivity index (χ1n) is 5.44. The van der Waals surface area contributed by atoms with Crippen LogP contribution in [-0.4, -0.2) is 50.6 Å². The zero-order valence-electron chi connectivity index (χ0n) is 8.96. The van der Waals surface area contributed by atoms with Crippen molar-refractivity contribution in [3.63, 3.8) is 0 Å². The Labute approximate surface area is 86.0 Å². The highest BCUT2D eigenvalue weighted by Gasteiger charge is 2.12. The van der Waals surface area contributed by atoms with E-state index in [0.29, 0.717) is 12.6 Å². The highest BCUT2D eigenvalue weighted by atomic mass is 16.5. The van der Waals surface area contributed by atoms with Gasteiger partial charge in [0.25, 0.3) is 0 Å². The molecule has 0 bridgehead atoms. The molecule has 1 saturated heterocycles. The maximum Gasteiger partial charge on any atom is 0.0785 e. The van der Waals surface area contributed by atoms with Crippen molar-refractivity contribution in [2.45, 2.75) is 31.4 Å². The molecule has 14 heavy (non-hydrogen) atoms. The third-order valence-electron chi connectivity index (χ3n) is 2.57. The minimum atomic E-state index is -0.330. The maximum absolute atomic E-state index is 9.40. The van der Waals surface area contributed by atoms with E-state index in [0.717, 1.165) is 26.1 Å². The van der Waals surface area contributed by atoms with Gasteiger partial charge in [0.15, 0.2) is 0 Å². The smallest absolute Gasteiger partial charge is 0.0785 e. The fraction of sp³-hybridized carbons (Fsp3) is 1.00. The van der Waals surface area contributed by atoms with E-state index in [9.17, 15) is 5.11 Å². The average Bonchev–Trinajstić information content (AvgIpc) is 2.20. The lowest BCUT2D eigenvalue weighted by molar-refractivity contribution is 0.0588. The van der Waals surface area contributed by atoms with Gasteiger partial charge in [0, 0.05) is 19.7 Å². The fourth-order valence-corrected chi connectivity index (χ4v) is 1.76. The van der Waals surface area contributed by atoms with Gasteiger partial charge < -0.3 is 20.5 Å². The monoisotopic (exact) mass is 202 g/mol. The lowest BCUT2D eigenvalue weighted by Crippen LogP contribution is -2.43. The van der Waals surface area contributed by atoms with Crippen LogP contribution in [0.3, 0.4) is 0 Å². The van der Waals surface area contributed by atoms with Gasteiger partial charge in [0.2, 0.25) is 0 Å². The van der Waals surface area contributed by atoms with Gasteiger partial charge >= 0.3 is 0 Å². The van der Waals surface area contributed by atoms with E-state index in [1.807, 2.05) is 0 Å². The number of hydrogen-bond donors (Lipinski definition) is 3. The Kier molecular flexibility index (Phi) is 6.10. The molecule has 1 rings (SSSR count). The van der Waals surface area contributed by atoms with Gasteiger partial charge in [-0.15, -0.1) is 0 Å². The standard InChI is InChI=1S/C10H22N2O2/c1-14-8-10(13)4-6-12-9-3-2-5-11-7-9/h9-13H,2-8H2,1H3. The summed E-state index contributed by atoms with van der Waals surface area (Å²) >= 11 is 0. The third-order valence-corrected chi connectivity index (χ3v) is 2.57. The molecule has 0 aromatic carbocycles. The zero-order chi connectivity index (χ0) is 10.2. The van der Waals surface area contributed by atoms with E-state index in [1.165, 1.54) is 12.8 Å². The molecule has 84 valence electrons. The second kappa shape index (κ2) is 7.17. The number of rotatable bonds is 6. The van der Waals surface area contributed by atoms with Gasteiger partial charge in [0.05, 0.1) is 12.7 Å². The van der Waals surface area contributed by atoms with Gasteiger partial charge in [-0.2, -0.15) is 0 Å². The molecule has 0 aliphatic carbocycles. The van der Waals surface area contributed by atoms with Crippen LogP contribution in [0.5, 0.6) is 0 Å². The molecular formula is C10H22N2O2. The average molecular weight is 202 g/mol. The summed E-state index contributed by atoms with van der Waals surface area (Å²) in [7, 11) is 1.61. The van der Waals surface area contributed by atoms with Gasteiger partial charge in [-0.3, -0.25) is 0 Å². The molecule has 2 unspecified atom stereocenters. The van der Waals surface area contributed by atoms with Crippen LogP contribution in [0, 0.1) is 0 Å². The van der Waals surface area contributed by atoms with Crippen LogP contribution in [0.2, 0.25) is 0 Å². The molecule has 0 spiro atoms. The van der Waals surface area contributed by atoms with Crippen LogP contribution < -0.4 is 10.6 Å². The Morgan fingerprint density at radius 3 is 3.14 bits per heavy atom. The van der Waals surface area contributed by atoms with Crippen LogP contribution in [0.25, 0.3) is 0 Å². The van der Waals surface area contributed by atoms with E-state index in [1.54, 1.807) is 7.11 Å². The normalized spacial score (nSPS) is 24.9. The van der Waals surface area contributed by atoms with Crippen molar-refractivity contribution >= 4 is 0 Å². The molecule has 4 nitrogen and oxygen atoms in total. The van der Waals surface area contributed by atoms with Crippen molar-refractivity contribution < 1.29 is 9.84 Å². The van der Waals surface area contributed by atoms with Crippen molar-refractivity contribution in [1.82, 2.24) is 10.6 Å². The Balaban J connectivity index is 1.96. The van der Waals surface area contributed by atoms with E-state index < -0.39 is 0 Å². The quantitative estimate of drug-likeness (QED) is 0.555. The number of aliphatic hydroxyl groups excluding tert-OH is 1. The molecule has 1 aliphatic heterocycles. The molecule has 0 aromatic heterocycles. The fourth-order valence-electron chi connectivity index (χ4n) is 1.76. The Bertz CT molecular complexity index is 138. The Morgan fingerprint density at radius 2 is 2.50 bits per heavy atom. The molecule has 1 heterocycles. The van der Waals surface area contributed by atoms with Crippen molar-refractivity contribution in [3.05, 3.63) is 0 Å². The number of piperidine rings is 1. The van der Waals surface area contributed by atoms with Gasteiger partial charge in [-0.1, -0.05) is 0 Å². The molecule has 0 amide bonds. The van der Waals surface area contributed by atoms with Crippen LogP contribution in [0.15, 0.2) is 0 Å². The summed E-state index contributed by atoms with van der Waals surface area (Å²) < 4.78 is 4.86. The summed E-state index contributed by atoms with van der Waals surface area (Å²) in [5.41, 5.74) is 0. The molecule has 0 saturated carbocycles. The summed E-state index contributed by atoms with van der Waals surface area (Å²) in [6.45, 7) is 3.51. The highest BCUT2D eigenvalue weighted by Crippen LogP contribution is 2.01. The number of nitrogens with one attached hydrogen (secondary N) is 2. The number of aliphatic hydroxyl groups is 1. The van der Waals surface area contributed by atoms with Crippen LogP contribution in [-0.2, 0) is 4.74 Å². The topological polar surface area (TPSA) is 53.5 Å². The summed E-state index contributed by atoms with van der Waals surface area (Å²) in [5.74, 6) is 0. The summed E-state index contributed by atoms with van der Waals surface area (Å²) in [4.78, 5) is 0. The number of methoxy groups -OCH3 is 1. The molecule has 1 aliphatic rings. The first-order valence-corrected chi connectivity index (χ1v) is 5.44. The molecule has 2 atom stereocenters. The first kappa shape index (κ1) is 11.9. The second-order valence-corrected chi connectivity index (χ2v) is 3.90. The first-order chi connectivity index (χ1) is 6.83. The van der Waals surface area contributed by atoms with Gasteiger partial charge in [-0.05, 0) is 32.4 Å². The Morgan fingerprint density at radius 1 is 1.64 bits per heavy atom. The van der Waals surface area contributed by atoms with Crippen molar-refractivity contribution in [3.8, 4) is 0 Å². The van der Waals surface area contributed by atoms with E-state index in [-0.39, 0.29) is 6.10 Å². The SMILES string of the molecule is COCC(O)CCNC1CCCNC1. The summed E-state index contributed by atoms with van der Waals surface area (Å²) in [5, 5.41) is 16.2. The van der Waals surface area contributed by atoms with E-state index >= 15 is 0 Å². The van der Waals surface area contributed by atoms with Crippen molar-refractivity contribution in [1.29, 1.82) is 0 Å². The molecule has 0 aromatic rings. The molecule has 4 heteroatoms. The lowest BCUT2D eigenvalue weighted by atomic mass is 10.1. The summed E-state index contributed by atoms with van der Waals surface area (Å²) in [6.07, 6.45) is 2.93.